The van der Waals surface area contributed by atoms with Gasteiger partial charge in [0.1, 0.15) is 0 Å². The van der Waals surface area contributed by atoms with Crippen molar-refractivity contribution in [2.75, 3.05) is 0 Å². The number of fused-ring (bicyclic) bond motifs is 1. The van der Waals surface area contributed by atoms with E-state index in [1.807, 2.05) is 30.3 Å². The third-order valence-electron chi connectivity index (χ3n) is 3.21. The molecule has 1 N–H and O–H groups in total. The van der Waals surface area contributed by atoms with Crippen LogP contribution in [0.3, 0.4) is 0 Å². The van der Waals surface area contributed by atoms with Crippen LogP contribution in [0.1, 0.15) is 26.3 Å². The SMILES string of the molecule is O=C1c2ccccc2C(=O)N1NC(=S)SCc1ccccc1. The number of hydrogen-bond acceptors (Lipinski definition) is 4. The van der Waals surface area contributed by atoms with Gasteiger partial charge in [0.2, 0.25) is 0 Å². The van der Waals surface area contributed by atoms with Crippen LogP contribution in [0, 0.1) is 0 Å². The molecule has 0 aromatic heterocycles. The lowest BCUT2D eigenvalue weighted by Crippen LogP contribution is -2.44. The molecule has 2 aromatic rings. The summed E-state index contributed by atoms with van der Waals surface area (Å²) >= 11 is 6.59. The molecule has 0 atom stereocenters. The Morgan fingerprint density at radius 3 is 2.09 bits per heavy atom. The molecule has 0 aliphatic carbocycles. The molecule has 2 aromatic carbocycles. The van der Waals surface area contributed by atoms with Crippen molar-refractivity contribution >= 4 is 40.1 Å². The van der Waals surface area contributed by atoms with Gasteiger partial charge in [-0.05, 0) is 17.7 Å². The minimum absolute atomic E-state index is 0.372. The second kappa shape index (κ2) is 6.29. The van der Waals surface area contributed by atoms with Crippen molar-refractivity contribution in [3.05, 3.63) is 71.3 Å². The van der Waals surface area contributed by atoms with Gasteiger partial charge in [-0.2, -0.15) is 5.01 Å². The zero-order valence-corrected chi connectivity index (χ0v) is 13.1. The van der Waals surface area contributed by atoms with E-state index in [0.717, 1.165) is 10.6 Å². The minimum atomic E-state index is -0.372. The fraction of sp³-hybridized carbons (Fsp3) is 0.0625. The van der Waals surface area contributed by atoms with Gasteiger partial charge in [-0.1, -0.05) is 66.4 Å². The largest absolute Gasteiger partial charge is 0.280 e. The summed E-state index contributed by atoms with van der Waals surface area (Å²) in [5.41, 5.74) is 4.65. The summed E-state index contributed by atoms with van der Waals surface area (Å²) < 4.78 is 0.387. The van der Waals surface area contributed by atoms with Crippen LogP contribution in [-0.4, -0.2) is 21.1 Å². The van der Waals surface area contributed by atoms with E-state index in [9.17, 15) is 9.59 Å². The molecule has 1 aliphatic rings. The molecule has 4 nitrogen and oxygen atoms in total. The number of benzene rings is 2. The molecule has 3 rings (SSSR count). The number of hydrazine groups is 1. The minimum Gasteiger partial charge on any atom is -0.272 e. The van der Waals surface area contributed by atoms with Crippen LogP contribution in [0.5, 0.6) is 0 Å². The Labute approximate surface area is 137 Å². The van der Waals surface area contributed by atoms with E-state index >= 15 is 0 Å². The highest BCUT2D eigenvalue weighted by atomic mass is 32.2. The van der Waals surface area contributed by atoms with Gasteiger partial charge in [-0.15, -0.1) is 0 Å². The van der Waals surface area contributed by atoms with Crippen LogP contribution in [0.4, 0.5) is 0 Å². The number of carbonyl (C=O) groups excluding carboxylic acids is 2. The average Bonchev–Trinajstić information content (AvgIpc) is 2.79. The molecule has 0 saturated heterocycles. The van der Waals surface area contributed by atoms with Gasteiger partial charge >= 0.3 is 0 Å². The maximum absolute atomic E-state index is 12.2. The van der Waals surface area contributed by atoms with Crippen molar-refractivity contribution in [3.63, 3.8) is 0 Å². The van der Waals surface area contributed by atoms with Crippen molar-refractivity contribution in [3.8, 4) is 0 Å². The van der Waals surface area contributed by atoms with Crippen LogP contribution in [0.2, 0.25) is 0 Å². The number of rotatable bonds is 3. The maximum Gasteiger partial charge on any atom is 0.280 e. The van der Waals surface area contributed by atoms with Gasteiger partial charge in [-0.25, -0.2) is 0 Å². The smallest absolute Gasteiger partial charge is 0.272 e. The maximum atomic E-state index is 12.2. The highest BCUT2D eigenvalue weighted by Gasteiger charge is 2.35. The number of nitrogens with one attached hydrogen (secondary N) is 1. The van der Waals surface area contributed by atoms with Gasteiger partial charge < -0.3 is 0 Å². The monoisotopic (exact) mass is 328 g/mol. The summed E-state index contributed by atoms with van der Waals surface area (Å²) in [7, 11) is 0. The molecular weight excluding hydrogens is 316 g/mol. The second-order valence-corrected chi connectivity index (χ2v) is 6.32. The number of thioether (sulfide) groups is 1. The summed E-state index contributed by atoms with van der Waals surface area (Å²) in [6, 6.07) is 16.6. The third-order valence-corrected chi connectivity index (χ3v) is 4.49. The van der Waals surface area contributed by atoms with Crippen LogP contribution in [0.15, 0.2) is 54.6 Å². The lowest BCUT2D eigenvalue weighted by molar-refractivity contribution is 0.0615. The van der Waals surface area contributed by atoms with E-state index in [2.05, 4.69) is 5.43 Å². The quantitative estimate of drug-likeness (QED) is 0.693. The van der Waals surface area contributed by atoms with Crippen molar-refractivity contribution in [2.24, 2.45) is 0 Å². The molecule has 0 saturated carbocycles. The molecule has 2 amide bonds. The zero-order chi connectivity index (χ0) is 15.5. The predicted molar refractivity (Wildman–Crippen MR) is 90.4 cm³/mol. The molecule has 0 radical (unpaired) electrons. The Hall–Kier alpha value is -2.18. The van der Waals surface area contributed by atoms with Crippen LogP contribution in [0.25, 0.3) is 0 Å². The fourth-order valence-electron chi connectivity index (χ4n) is 2.14. The average molecular weight is 328 g/mol. The highest BCUT2D eigenvalue weighted by molar-refractivity contribution is 8.22. The van der Waals surface area contributed by atoms with Crippen LogP contribution < -0.4 is 5.43 Å². The number of carbonyl (C=O) groups is 2. The molecule has 22 heavy (non-hydrogen) atoms. The summed E-state index contributed by atoms with van der Waals surface area (Å²) in [5, 5.41) is 0.977. The van der Waals surface area contributed by atoms with E-state index in [1.165, 1.54) is 11.8 Å². The summed E-state index contributed by atoms with van der Waals surface area (Å²) in [6.07, 6.45) is 0. The number of hydrogen-bond donors (Lipinski definition) is 1. The first kappa shape index (κ1) is 14.7. The first-order valence-corrected chi connectivity index (χ1v) is 8.01. The molecule has 6 heteroatoms. The van der Waals surface area contributed by atoms with Gasteiger partial charge in [-0.3, -0.25) is 15.0 Å². The summed E-state index contributed by atoms with van der Waals surface area (Å²) in [5.74, 6) is -0.0675. The third kappa shape index (κ3) is 2.88. The van der Waals surface area contributed by atoms with E-state index in [-0.39, 0.29) is 11.8 Å². The summed E-state index contributed by atoms with van der Waals surface area (Å²) in [4.78, 5) is 24.4. The van der Waals surface area contributed by atoms with E-state index in [1.54, 1.807) is 24.3 Å². The van der Waals surface area contributed by atoms with Gasteiger partial charge in [0.15, 0.2) is 4.32 Å². The van der Waals surface area contributed by atoms with Crippen LogP contribution in [-0.2, 0) is 5.75 Å². The molecular formula is C16H12N2O2S2. The van der Waals surface area contributed by atoms with Crippen molar-refractivity contribution in [1.29, 1.82) is 0 Å². The highest BCUT2D eigenvalue weighted by Crippen LogP contribution is 2.22. The Morgan fingerprint density at radius 2 is 1.50 bits per heavy atom. The Balaban J connectivity index is 1.63. The lowest BCUT2D eigenvalue weighted by atomic mass is 10.1. The van der Waals surface area contributed by atoms with Crippen molar-refractivity contribution in [1.82, 2.24) is 10.4 Å². The van der Waals surface area contributed by atoms with Crippen LogP contribution >= 0.6 is 24.0 Å². The standard InChI is InChI=1S/C16H12N2O2S2/c19-14-12-8-4-5-9-13(12)15(20)18(14)17-16(21)22-10-11-6-2-1-3-7-11/h1-9H,10H2,(H,17,21). The van der Waals surface area contributed by atoms with E-state index in [0.29, 0.717) is 21.2 Å². The first-order valence-electron chi connectivity index (χ1n) is 6.62. The number of thiocarbonyl (C=S) groups is 1. The van der Waals surface area contributed by atoms with Crippen molar-refractivity contribution < 1.29 is 9.59 Å². The van der Waals surface area contributed by atoms with Crippen molar-refractivity contribution in [2.45, 2.75) is 5.75 Å². The normalized spacial score (nSPS) is 13.2. The number of imide groups is 1. The Bertz CT molecular complexity index is 712. The molecule has 0 bridgehead atoms. The Kier molecular flexibility index (Phi) is 4.22. The van der Waals surface area contributed by atoms with Gasteiger partial charge in [0, 0.05) is 5.75 Å². The second-order valence-electron chi connectivity index (χ2n) is 4.66. The molecule has 0 unspecified atom stereocenters. The van der Waals surface area contributed by atoms with E-state index < -0.39 is 0 Å². The fourth-order valence-corrected chi connectivity index (χ4v) is 3.05. The number of nitrogens with zero attached hydrogens (tertiary/aromatic N) is 1. The molecule has 110 valence electrons. The summed E-state index contributed by atoms with van der Waals surface area (Å²) in [6.45, 7) is 0. The molecule has 0 spiro atoms. The van der Waals surface area contributed by atoms with Gasteiger partial charge in [0.05, 0.1) is 11.1 Å². The Morgan fingerprint density at radius 1 is 0.955 bits per heavy atom. The topological polar surface area (TPSA) is 49.4 Å². The lowest BCUT2D eigenvalue weighted by Gasteiger charge is -2.16. The molecule has 0 fully saturated rings. The zero-order valence-electron chi connectivity index (χ0n) is 11.5. The molecule has 1 aliphatic heterocycles. The number of amides is 2. The molecule has 1 heterocycles. The predicted octanol–water partition coefficient (Wildman–Crippen LogP) is 3.01. The van der Waals surface area contributed by atoms with Gasteiger partial charge in [0.25, 0.3) is 11.8 Å². The first-order chi connectivity index (χ1) is 10.7. The van der Waals surface area contributed by atoms with E-state index in [4.69, 9.17) is 12.2 Å².